The van der Waals surface area contributed by atoms with E-state index >= 15 is 0 Å². The number of carbonyl (C=O) groups is 1. The summed E-state index contributed by atoms with van der Waals surface area (Å²) in [4.78, 5) is 23.4. The van der Waals surface area contributed by atoms with Crippen LogP contribution in [-0.2, 0) is 0 Å². The maximum atomic E-state index is 13.4. The first-order valence-electron chi connectivity index (χ1n) is 8.11. The number of nitrogens with one attached hydrogen (secondary N) is 1. The summed E-state index contributed by atoms with van der Waals surface area (Å²) in [7, 11) is 0. The summed E-state index contributed by atoms with van der Waals surface area (Å²) < 4.78 is 40.3. The van der Waals surface area contributed by atoms with Crippen LogP contribution < -0.4 is 5.43 Å². The van der Waals surface area contributed by atoms with Gasteiger partial charge in [-0.15, -0.1) is 0 Å². The maximum Gasteiger partial charge on any atom is 0.412 e. The fourth-order valence-corrected chi connectivity index (χ4v) is 3.16. The molecule has 0 radical (unpaired) electrons. The monoisotopic (exact) mass is 379 g/mol. The molecular weight excluding hydrogens is 363 g/mol. The van der Waals surface area contributed by atoms with E-state index in [9.17, 15) is 28.1 Å². The van der Waals surface area contributed by atoms with Gasteiger partial charge in [-0.05, 0) is 24.6 Å². The lowest BCUT2D eigenvalue weighted by molar-refractivity contribution is -0.534. The normalized spacial score (nSPS) is 22.7. The van der Waals surface area contributed by atoms with Crippen LogP contribution in [0, 0.1) is 17.0 Å². The van der Waals surface area contributed by atoms with Crippen molar-refractivity contribution in [3.8, 4) is 0 Å². The fourth-order valence-electron chi connectivity index (χ4n) is 3.16. The second-order valence-electron chi connectivity index (χ2n) is 6.32. The number of rotatable bonds is 3. The van der Waals surface area contributed by atoms with Crippen LogP contribution in [0.4, 0.5) is 13.2 Å². The molecule has 142 valence electrons. The average molecular weight is 379 g/mol. The van der Waals surface area contributed by atoms with E-state index < -0.39 is 35.1 Å². The molecular formula is C18H16F3N3O3. The molecule has 0 aromatic heterocycles. The highest BCUT2D eigenvalue weighted by molar-refractivity contribution is 5.94. The Hall–Kier alpha value is -2.94. The minimum absolute atomic E-state index is 0.138. The van der Waals surface area contributed by atoms with Crippen molar-refractivity contribution in [3.05, 3.63) is 81.4 Å². The number of aryl methyl sites for hydroxylation is 1. The number of amides is 1. The van der Waals surface area contributed by atoms with Crippen molar-refractivity contribution >= 4 is 5.91 Å². The maximum absolute atomic E-state index is 13.4. The van der Waals surface area contributed by atoms with E-state index in [0.717, 1.165) is 10.6 Å². The van der Waals surface area contributed by atoms with Crippen LogP contribution in [0.3, 0.4) is 0 Å². The van der Waals surface area contributed by atoms with Gasteiger partial charge in [0.1, 0.15) is 6.04 Å². The van der Waals surface area contributed by atoms with Crippen molar-refractivity contribution in [2.75, 3.05) is 0 Å². The van der Waals surface area contributed by atoms with Gasteiger partial charge in [0, 0.05) is 10.5 Å². The molecule has 3 atom stereocenters. The first-order chi connectivity index (χ1) is 12.7. The lowest BCUT2D eigenvalue weighted by atomic mass is 9.95. The summed E-state index contributed by atoms with van der Waals surface area (Å²) >= 11 is 0. The van der Waals surface area contributed by atoms with Crippen LogP contribution in [0.1, 0.15) is 27.5 Å². The highest BCUT2D eigenvalue weighted by Gasteiger charge is 2.62. The standard InChI is InChI=1S/C18H16F3N3O3/c1-11-7-9-13(10-8-11)17(25)23-14(12-5-3-2-4-6-12)15(24(26)27)16(22-23)18(19,20)21/h2-10,14-16,22H,1H3/t14-,15+,16+/m0/s1. The first kappa shape index (κ1) is 18.8. The van der Waals surface area contributed by atoms with Gasteiger partial charge in [-0.2, -0.15) is 13.2 Å². The van der Waals surface area contributed by atoms with E-state index in [1.807, 2.05) is 5.43 Å². The van der Waals surface area contributed by atoms with Gasteiger partial charge < -0.3 is 0 Å². The van der Waals surface area contributed by atoms with Crippen molar-refractivity contribution in [2.45, 2.75) is 31.2 Å². The highest BCUT2D eigenvalue weighted by atomic mass is 19.4. The molecule has 0 saturated carbocycles. The van der Waals surface area contributed by atoms with Crippen LogP contribution >= 0.6 is 0 Å². The van der Waals surface area contributed by atoms with E-state index in [0.29, 0.717) is 0 Å². The fraction of sp³-hybridized carbons (Fsp3) is 0.278. The van der Waals surface area contributed by atoms with Crippen LogP contribution in [0.2, 0.25) is 0 Å². The molecule has 0 spiro atoms. The molecule has 1 aliphatic rings. The van der Waals surface area contributed by atoms with Gasteiger partial charge in [0.05, 0.1) is 0 Å². The van der Waals surface area contributed by atoms with E-state index in [1.54, 1.807) is 37.3 Å². The molecule has 1 saturated heterocycles. The zero-order chi connectivity index (χ0) is 19.8. The topological polar surface area (TPSA) is 75.5 Å². The molecule has 0 unspecified atom stereocenters. The van der Waals surface area contributed by atoms with Crippen LogP contribution in [0.5, 0.6) is 0 Å². The predicted molar refractivity (Wildman–Crippen MR) is 90.3 cm³/mol. The quantitative estimate of drug-likeness (QED) is 0.656. The summed E-state index contributed by atoms with van der Waals surface area (Å²) in [5, 5.41) is 12.2. The first-order valence-corrected chi connectivity index (χ1v) is 8.11. The van der Waals surface area contributed by atoms with Gasteiger partial charge in [0.25, 0.3) is 11.9 Å². The molecule has 1 aliphatic heterocycles. The molecule has 2 aromatic rings. The number of benzene rings is 2. The molecule has 6 nitrogen and oxygen atoms in total. The van der Waals surface area contributed by atoms with Crippen molar-refractivity contribution < 1.29 is 22.9 Å². The summed E-state index contributed by atoms with van der Waals surface area (Å²) in [6.07, 6.45) is -4.90. The molecule has 1 fully saturated rings. The second-order valence-corrected chi connectivity index (χ2v) is 6.32. The molecule has 1 heterocycles. The predicted octanol–water partition coefficient (Wildman–Crippen LogP) is 3.27. The molecule has 2 aromatic carbocycles. The SMILES string of the molecule is Cc1ccc(C(=O)N2N[C@@H](C(F)(F)F)[C@H]([N+](=O)[O-])[C@@H]2c2ccccc2)cc1. The number of nitrogens with zero attached hydrogens (tertiary/aromatic N) is 2. The Labute approximate surface area is 152 Å². The largest absolute Gasteiger partial charge is 0.412 e. The number of hydrogen-bond donors (Lipinski definition) is 1. The van der Waals surface area contributed by atoms with Gasteiger partial charge in [-0.1, -0.05) is 48.0 Å². The minimum atomic E-state index is -4.90. The molecule has 9 heteroatoms. The van der Waals surface area contributed by atoms with Crippen LogP contribution in [0.15, 0.2) is 54.6 Å². The molecule has 0 aliphatic carbocycles. The van der Waals surface area contributed by atoms with E-state index in [4.69, 9.17) is 0 Å². The number of carbonyl (C=O) groups excluding carboxylic acids is 1. The average Bonchev–Trinajstić information content (AvgIpc) is 3.04. The number of nitro groups is 1. The van der Waals surface area contributed by atoms with Gasteiger partial charge >= 0.3 is 6.18 Å². The summed E-state index contributed by atoms with van der Waals surface area (Å²) in [5.41, 5.74) is 3.30. The highest BCUT2D eigenvalue weighted by Crippen LogP contribution is 2.39. The Bertz CT molecular complexity index is 840. The van der Waals surface area contributed by atoms with Crippen LogP contribution in [0.25, 0.3) is 0 Å². The zero-order valence-electron chi connectivity index (χ0n) is 14.2. The molecule has 1 N–H and O–H groups in total. The van der Waals surface area contributed by atoms with E-state index in [-0.39, 0.29) is 11.1 Å². The van der Waals surface area contributed by atoms with Crippen molar-refractivity contribution in [3.63, 3.8) is 0 Å². The zero-order valence-corrected chi connectivity index (χ0v) is 14.2. The summed E-state index contributed by atoms with van der Waals surface area (Å²) in [6.45, 7) is 1.80. The summed E-state index contributed by atoms with van der Waals surface area (Å²) in [6, 6.07) is 7.99. The Morgan fingerprint density at radius 1 is 1.11 bits per heavy atom. The minimum Gasteiger partial charge on any atom is -0.268 e. The van der Waals surface area contributed by atoms with Gasteiger partial charge in [-0.25, -0.2) is 5.43 Å². The van der Waals surface area contributed by atoms with Gasteiger partial charge in [0.2, 0.25) is 0 Å². The van der Waals surface area contributed by atoms with Gasteiger partial charge in [0.15, 0.2) is 6.04 Å². The smallest absolute Gasteiger partial charge is 0.268 e. The number of alkyl halides is 3. The van der Waals surface area contributed by atoms with Crippen molar-refractivity contribution in [1.29, 1.82) is 0 Å². The summed E-state index contributed by atoms with van der Waals surface area (Å²) in [5.74, 6) is -0.762. The molecule has 27 heavy (non-hydrogen) atoms. The van der Waals surface area contributed by atoms with E-state index in [1.165, 1.54) is 24.3 Å². The van der Waals surface area contributed by atoms with Crippen LogP contribution in [-0.4, -0.2) is 34.1 Å². The van der Waals surface area contributed by atoms with Crippen molar-refractivity contribution in [1.82, 2.24) is 10.4 Å². The third kappa shape index (κ3) is 3.63. The third-order valence-corrected chi connectivity index (χ3v) is 4.48. The third-order valence-electron chi connectivity index (χ3n) is 4.48. The Morgan fingerprint density at radius 3 is 2.22 bits per heavy atom. The lowest BCUT2D eigenvalue weighted by Gasteiger charge is -2.24. The molecule has 1 amide bonds. The van der Waals surface area contributed by atoms with Gasteiger partial charge in [-0.3, -0.25) is 19.9 Å². The number of hydrogen-bond acceptors (Lipinski definition) is 4. The Balaban J connectivity index is 2.08. The van der Waals surface area contributed by atoms with Crippen molar-refractivity contribution in [2.24, 2.45) is 0 Å². The molecule has 0 bridgehead atoms. The Morgan fingerprint density at radius 2 is 1.70 bits per heavy atom. The molecule has 3 rings (SSSR count). The Kier molecular flexibility index (Phi) is 4.88. The number of halogens is 3. The number of hydrazine groups is 1. The lowest BCUT2D eigenvalue weighted by Crippen LogP contribution is -2.49. The second kappa shape index (κ2) is 6.99. The van der Waals surface area contributed by atoms with E-state index in [2.05, 4.69) is 0 Å².